The van der Waals surface area contributed by atoms with Crippen molar-refractivity contribution in [2.75, 3.05) is 6.54 Å². The van der Waals surface area contributed by atoms with Crippen LogP contribution in [0.15, 0.2) is 17.5 Å². The van der Waals surface area contributed by atoms with Crippen molar-refractivity contribution in [3.63, 3.8) is 0 Å². The van der Waals surface area contributed by atoms with E-state index in [0.29, 0.717) is 24.3 Å². The second kappa shape index (κ2) is 5.89. The first-order valence-electron chi connectivity index (χ1n) is 7.72. The zero-order chi connectivity index (χ0) is 15.0. The molecule has 0 aliphatic heterocycles. The van der Waals surface area contributed by atoms with Crippen LogP contribution in [0.1, 0.15) is 36.9 Å². The molecule has 3 rings (SSSR count). The minimum atomic E-state index is -0.0401. The van der Waals surface area contributed by atoms with Gasteiger partial charge in [-0.1, -0.05) is 26.0 Å². The van der Waals surface area contributed by atoms with Gasteiger partial charge in [0.05, 0.1) is 16.6 Å². The van der Waals surface area contributed by atoms with Crippen LogP contribution < -0.4 is 11.1 Å². The number of hydrogen-bond acceptors (Lipinski definition) is 4. The fourth-order valence-corrected chi connectivity index (χ4v) is 4.23. The number of allylic oxidation sites excluding steroid dienone is 1. The van der Waals surface area contributed by atoms with E-state index < -0.39 is 0 Å². The van der Waals surface area contributed by atoms with Crippen LogP contribution in [0.3, 0.4) is 0 Å². The van der Waals surface area contributed by atoms with E-state index in [1.54, 1.807) is 11.3 Å². The summed E-state index contributed by atoms with van der Waals surface area (Å²) >= 11 is 1.70. The van der Waals surface area contributed by atoms with E-state index >= 15 is 0 Å². The Labute approximate surface area is 129 Å². The Balaban J connectivity index is 1.49. The normalized spacial score (nSPS) is 30.3. The summed E-state index contributed by atoms with van der Waals surface area (Å²) in [6.45, 7) is 4.94. The van der Waals surface area contributed by atoms with Crippen molar-refractivity contribution in [3.8, 4) is 0 Å². The molecule has 2 aliphatic rings. The molecule has 1 aromatic rings. The summed E-state index contributed by atoms with van der Waals surface area (Å²) in [5.74, 6) is 1.28. The monoisotopic (exact) mass is 305 g/mol. The second-order valence-electron chi connectivity index (χ2n) is 6.42. The first-order chi connectivity index (χ1) is 10.1. The standard InChI is InChI=1S/C16H23N3OS/c1-9(2)16-19-12(8-21-16)5-6-18-15(20)13-10-3-4-11(7-10)14(13)17/h3-4,8-11,13-14H,5-7,17H2,1-2H3,(H,18,20)/t10-,11+,13-,14+/m1/s1. The highest BCUT2D eigenvalue weighted by Crippen LogP contribution is 2.42. The van der Waals surface area contributed by atoms with Crippen molar-refractivity contribution in [2.45, 2.75) is 38.6 Å². The summed E-state index contributed by atoms with van der Waals surface area (Å²) in [6.07, 6.45) is 6.17. The van der Waals surface area contributed by atoms with Crippen molar-refractivity contribution in [1.82, 2.24) is 10.3 Å². The van der Waals surface area contributed by atoms with E-state index in [4.69, 9.17) is 5.73 Å². The molecule has 1 amide bonds. The summed E-state index contributed by atoms with van der Waals surface area (Å²) in [5, 5.41) is 6.29. The van der Waals surface area contributed by atoms with Crippen LogP contribution in [0, 0.1) is 17.8 Å². The van der Waals surface area contributed by atoms with Crippen molar-refractivity contribution < 1.29 is 4.79 Å². The molecule has 1 saturated carbocycles. The fourth-order valence-electron chi connectivity index (χ4n) is 3.36. The third-order valence-corrected chi connectivity index (χ3v) is 5.76. The second-order valence-corrected chi connectivity index (χ2v) is 7.31. The number of nitrogens with one attached hydrogen (secondary N) is 1. The Kier molecular flexibility index (Phi) is 4.13. The van der Waals surface area contributed by atoms with E-state index in [1.165, 1.54) is 0 Å². The van der Waals surface area contributed by atoms with Crippen molar-refractivity contribution in [3.05, 3.63) is 28.2 Å². The third kappa shape index (κ3) is 2.90. The van der Waals surface area contributed by atoms with Gasteiger partial charge in [0.2, 0.25) is 5.91 Å². The predicted molar refractivity (Wildman–Crippen MR) is 85.1 cm³/mol. The van der Waals surface area contributed by atoms with Crippen molar-refractivity contribution in [1.29, 1.82) is 0 Å². The number of thiazole rings is 1. The van der Waals surface area contributed by atoms with Crippen molar-refractivity contribution in [2.24, 2.45) is 23.5 Å². The zero-order valence-electron chi connectivity index (χ0n) is 12.6. The molecule has 4 atom stereocenters. The molecule has 1 aromatic heterocycles. The number of nitrogens with zero attached hydrogens (tertiary/aromatic N) is 1. The molecule has 2 bridgehead atoms. The minimum absolute atomic E-state index is 0.00758. The molecule has 0 aromatic carbocycles. The van der Waals surface area contributed by atoms with Gasteiger partial charge in [-0.2, -0.15) is 0 Å². The SMILES string of the molecule is CC(C)c1nc(CCNC(=O)[C@H]2[C@@H](N)[C@H]3C=C[C@@H]2C3)cs1. The van der Waals surface area contributed by atoms with Gasteiger partial charge in [0.15, 0.2) is 0 Å². The maximum absolute atomic E-state index is 12.3. The number of nitrogens with two attached hydrogens (primary N) is 1. The molecular weight excluding hydrogens is 282 g/mol. The summed E-state index contributed by atoms with van der Waals surface area (Å²) < 4.78 is 0. The van der Waals surface area contributed by atoms with Gasteiger partial charge in [-0.25, -0.2) is 4.98 Å². The average molecular weight is 305 g/mol. The highest BCUT2D eigenvalue weighted by atomic mass is 32.1. The maximum atomic E-state index is 12.3. The lowest BCUT2D eigenvalue weighted by Gasteiger charge is -2.23. The summed E-state index contributed by atoms with van der Waals surface area (Å²) in [7, 11) is 0. The first-order valence-corrected chi connectivity index (χ1v) is 8.60. The predicted octanol–water partition coefficient (Wildman–Crippen LogP) is 2.07. The first kappa shape index (κ1) is 14.7. The maximum Gasteiger partial charge on any atom is 0.225 e. The van der Waals surface area contributed by atoms with Crippen LogP contribution in [0.5, 0.6) is 0 Å². The van der Waals surface area contributed by atoms with Gasteiger partial charge in [0, 0.05) is 30.3 Å². The van der Waals surface area contributed by atoms with Crippen LogP contribution in [0.2, 0.25) is 0 Å². The third-order valence-electron chi connectivity index (χ3n) is 4.57. The van der Waals surface area contributed by atoms with Gasteiger partial charge in [0.25, 0.3) is 0 Å². The Morgan fingerprint density at radius 2 is 2.24 bits per heavy atom. The Hall–Kier alpha value is -1.20. The van der Waals surface area contributed by atoms with Crippen LogP contribution >= 0.6 is 11.3 Å². The number of hydrogen-bond donors (Lipinski definition) is 2. The minimum Gasteiger partial charge on any atom is -0.355 e. The van der Waals surface area contributed by atoms with Gasteiger partial charge in [0.1, 0.15) is 0 Å². The molecule has 5 heteroatoms. The van der Waals surface area contributed by atoms with E-state index in [1.807, 2.05) is 0 Å². The quantitative estimate of drug-likeness (QED) is 0.818. The number of carbonyl (C=O) groups is 1. The van der Waals surface area contributed by atoms with E-state index in [2.05, 4.69) is 41.7 Å². The molecule has 0 unspecified atom stereocenters. The average Bonchev–Trinajstić information content (AvgIpc) is 3.13. The Morgan fingerprint density at radius 1 is 1.48 bits per heavy atom. The summed E-state index contributed by atoms with van der Waals surface area (Å²) in [5.41, 5.74) is 7.23. The molecule has 1 fully saturated rings. The molecule has 114 valence electrons. The molecule has 0 saturated heterocycles. The number of aromatic nitrogens is 1. The van der Waals surface area contributed by atoms with Crippen LogP contribution in [-0.4, -0.2) is 23.5 Å². The van der Waals surface area contributed by atoms with Gasteiger partial charge < -0.3 is 11.1 Å². The van der Waals surface area contributed by atoms with Crippen LogP contribution in [0.4, 0.5) is 0 Å². The number of rotatable bonds is 5. The van der Waals surface area contributed by atoms with Crippen LogP contribution in [-0.2, 0) is 11.2 Å². The largest absolute Gasteiger partial charge is 0.355 e. The lowest BCUT2D eigenvalue weighted by molar-refractivity contribution is -0.126. The summed E-state index contributed by atoms with van der Waals surface area (Å²) in [6, 6.07) is -0.00758. The smallest absolute Gasteiger partial charge is 0.225 e. The number of amides is 1. The number of carbonyl (C=O) groups excluding carboxylic acids is 1. The van der Waals surface area contributed by atoms with Crippen molar-refractivity contribution >= 4 is 17.2 Å². The lowest BCUT2D eigenvalue weighted by Crippen LogP contribution is -2.44. The van der Waals surface area contributed by atoms with E-state index in [-0.39, 0.29) is 17.9 Å². The van der Waals surface area contributed by atoms with E-state index in [9.17, 15) is 4.79 Å². The molecule has 0 spiro atoms. The molecule has 2 aliphatic carbocycles. The highest BCUT2D eigenvalue weighted by molar-refractivity contribution is 7.09. The molecule has 21 heavy (non-hydrogen) atoms. The Morgan fingerprint density at radius 3 is 2.86 bits per heavy atom. The zero-order valence-corrected chi connectivity index (χ0v) is 13.4. The lowest BCUT2D eigenvalue weighted by atomic mass is 9.89. The van der Waals surface area contributed by atoms with Crippen LogP contribution in [0.25, 0.3) is 0 Å². The fraction of sp³-hybridized carbons (Fsp3) is 0.625. The highest BCUT2D eigenvalue weighted by Gasteiger charge is 2.46. The molecule has 0 radical (unpaired) electrons. The number of fused-ring (bicyclic) bond motifs is 2. The van der Waals surface area contributed by atoms with Gasteiger partial charge in [-0.3, -0.25) is 4.79 Å². The summed E-state index contributed by atoms with van der Waals surface area (Å²) in [4.78, 5) is 16.9. The van der Waals surface area contributed by atoms with Gasteiger partial charge in [-0.15, -0.1) is 11.3 Å². The topological polar surface area (TPSA) is 68.0 Å². The molecular formula is C16H23N3OS. The van der Waals surface area contributed by atoms with E-state index in [0.717, 1.165) is 23.5 Å². The van der Waals surface area contributed by atoms with Gasteiger partial charge in [-0.05, 0) is 18.3 Å². The molecule has 4 nitrogen and oxygen atoms in total. The molecule has 1 heterocycles. The molecule has 3 N–H and O–H groups in total. The Bertz CT molecular complexity index is 551. The van der Waals surface area contributed by atoms with Gasteiger partial charge >= 0.3 is 0 Å².